The summed E-state index contributed by atoms with van der Waals surface area (Å²) in [6, 6.07) is 6.43. The molecule has 0 aromatic heterocycles. The lowest BCUT2D eigenvalue weighted by atomic mass is 10.0. The monoisotopic (exact) mass is 310 g/mol. The summed E-state index contributed by atoms with van der Waals surface area (Å²) in [5.41, 5.74) is 1.89. The standard InChI is InChI=1S/C14H19BrN2O/c1-10-7-11(9-12(15)8-10)14(18)17-5-3-13(16-2)4-6-17/h7-9,13,16H,3-6H2,1-2H3. The van der Waals surface area contributed by atoms with Gasteiger partial charge in [-0.1, -0.05) is 15.9 Å². The number of benzene rings is 1. The average Bonchev–Trinajstić information content (AvgIpc) is 2.37. The first-order valence-electron chi connectivity index (χ1n) is 6.34. The molecule has 1 aliphatic rings. The molecule has 1 aromatic rings. The zero-order valence-electron chi connectivity index (χ0n) is 10.9. The number of aryl methyl sites for hydroxylation is 1. The number of hydrogen-bond donors (Lipinski definition) is 1. The van der Waals surface area contributed by atoms with Gasteiger partial charge < -0.3 is 10.2 Å². The minimum atomic E-state index is 0.147. The van der Waals surface area contributed by atoms with E-state index in [1.165, 1.54) is 0 Å². The molecule has 98 valence electrons. The maximum Gasteiger partial charge on any atom is 0.253 e. The highest BCUT2D eigenvalue weighted by Crippen LogP contribution is 2.19. The highest BCUT2D eigenvalue weighted by Gasteiger charge is 2.22. The molecule has 0 bridgehead atoms. The fourth-order valence-corrected chi connectivity index (χ4v) is 3.02. The van der Waals surface area contributed by atoms with E-state index in [9.17, 15) is 4.79 Å². The minimum absolute atomic E-state index is 0.147. The number of hydrogen-bond acceptors (Lipinski definition) is 2. The van der Waals surface area contributed by atoms with Crippen LogP contribution in [0.5, 0.6) is 0 Å². The average molecular weight is 311 g/mol. The zero-order chi connectivity index (χ0) is 13.1. The van der Waals surface area contributed by atoms with Gasteiger partial charge in [0.25, 0.3) is 5.91 Å². The highest BCUT2D eigenvalue weighted by molar-refractivity contribution is 9.10. The Hall–Kier alpha value is -0.870. The number of nitrogens with zero attached hydrogens (tertiary/aromatic N) is 1. The molecular formula is C14H19BrN2O. The lowest BCUT2D eigenvalue weighted by Gasteiger charge is -2.32. The van der Waals surface area contributed by atoms with Crippen molar-refractivity contribution in [3.05, 3.63) is 33.8 Å². The van der Waals surface area contributed by atoms with E-state index < -0.39 is 0 Å². The molecule has 1 fully saturated rings. The largest absolute Gasteiger partial charge is 0.339 e. The maximum atomic E-state index is 12.4. The van der Waals surface area contributed by atoms with Crippen LogP contribution in [0, 0.1) is 6.92 Å². The molecule has 0 atom stereocenters. The van der Waals surface area contributed by atoms with Crippen LogP contribution < -0.4 is 5.32 Å². The molecule has 0 unspecified atom stereocenters. The van der Waals surface area contributed by atoms with Crippen molar-refractivity contribution in [1.82, 2.24) is 10.2 Å². The van der Waals surface area contributed by atoms with Crippen molar-refractivity contribution in [3.8, 4) is 0 Å². The van der Waals surface area contributed by atoms with E-state index in [4.69, 9.17) is 0 Å². The first kappa shape index (κ1) is 13.6. The minimum Gasteiger partial charge on any atom is -0.339 e. The van der Waals surface area contributed by atoms with Crippen LogP contribution in [-0.4, -0.2) is 37.0 Å². The Bertz CT molecular complexity index is 419. The van der Waals surface area contributed by atoms with E-state index >= 15 is 0 Å². The fraction of sp³-hybridized carbons (Fsp3) is 0.500. The Morgan fingerprint density at radius 3 is 2.56 bits per heavy atom. The SMILES string of the molecule is CNC1CCN(C(=O)c2cc(C)cc(Br)c2)CC1. The van der Waals surface area contributed by atoms with Gasteiger partial charge in [0.1, 0.15) is 0 Å². The molecule has 1 aliphatic heterocycles. The summed E-state index contributed by atoms with van der Waals surface area (Å²) in [6.45, 7) is 3.70. The molecule has 0 saturated carbocycles. The normalized spacial score (nSPS) is 16.9. The van der Waals surface area contributed by atoms with Crippen molar-refractivity contribution >= 4 is 21.8 Å². The smallest absolute Gasteiger partial charge is 0.253 e. The summed E-state index contributed by atoms with van der Waals surface area (Å²) in [7, 11) is 1.99. The van der Waals surface area contributed by atoms with Gasteiger partial charge >= 0.3 is 0 Å². The second kappa shape index (κ2) is 5.85. The van der Waals surface area contributed by atoms with Crippen LogP contribution >= 0.6 is 15.9 Å². The van der Waals surface area contributed by atoms with Crippen molar-refractivity contribution in [3.63, 3.8) is 0 Å². The Balaban J connectivity index is 2.07. The van der Waals surface area contributed by atoms with Gasteiger partial charge in [0.2, 0.25) is 0 Å². The molecule has 1 N–H and O–H groups in total. The first-order chi connectivity index (χ1) is 8.60. The highest BCUT2D eigenvalue weighted by atomic mass is 79.9. The zero-order valence-corrected chi connectivity index (χ0v) is 12.5. The number of amides is 1. The van der Waals surface area contributed by atoms with Crippen LogP contribution in [0.25, 0.3) is 0 Å². The molecule has 1 aromatic carbocycles. The summed E-state index contributed by atoms with van der Waals surface area (Å²) in [5.74, 6) is 0.147. The van der Waals surface area contributed by atoms with Crippen molar-refractivity contribution < 1.29 is 4.79 Å². The Morgan fingerprint density at radius 1 is 1.33 bits per heavy atom. The molecule has 1 amide bonds. The molecule has 4 heteroatoms. The van der Waals surface area contributed by atoms with Crippen molar-refractivity contribution in [1.29, 1.82) is 0 Å². The number of piperidine rings is 1. The maximum absolute atomic E-state index is 12.4. The van der Waals surface area contributed by atoms with E-state index in [0.29, 0.717) is 6.04 Å². The van der Waals surface area contributed by atoms with Crippen LogP contribution in [0.4, 0.5) is 0 Å². The van der Waals surface area contributed by atoms with Gasteiger partial charge in [0.05, 0.1) is 0 Å². The van der Waals surface area contributed by atoms with Crippen LogP contribution in [0.2, 0.25) is 0 Å². The lowest BCUT2D eigenvalue weighted by Crippen LogP contribution is -2.43. The summed E-state index contributed by atoms with van der Waals surface area (Å²) >= 11 is 3.45. The van der Waals surface area contributed by atoms with E-state index in [0.717, 1.165) is 41.5 Å². The van der Waals surface area contributed by atoms with Gasteiger partial charge in [-0.05, 0) is 50.6 Å². The molecule has 2 rings (SSSR count). The molecule has 0 radical (unpaired) electrons. The number of rotatable bonds is 2. The topological polar surface area (TPSA) is 32.3 Å². The molecule has 3 nitrogen and oxygen atoms in total. The third kappa shape index (κ3) is 3.12. The Morgan fingerprint density at radius 2 is 2.00 bits per heavy atom. The second-order valence-corrected chi connectivity index (χ2v) is 5.79. The number of nitrogens with one attached hydrogen (secondary N) is 1. The predicted octanol–water partition coefficient (Wildman–Crippen LogP) is 2.58. The van der Waals surface area contributed by atoms with Crippen LogP contribution in [0.15, 0.2) is 22.7 Å². The predicted molar refractivity (Wildman–Crippen MR) is 76.9 cm³/mol. The second-order valence-electron chi connectivity index (χ2n) is 4.87. The summed E-state index contributed by atoms with van der Waals surface area (Å²) in [5, 5.41) is 3.28. The van der Waals surface area contributed by atoms with Gasteiger partial charge in [0, 0.05) is 29.2 Å². The van der Waals surface area contributed by atoms with Gasteiger partial charge in [0.15, 0.2) is 0 Å². The lowest BCUT2D eigenvalue weighted by molar-refractivity contribution is 0.0707. The molecule has 18 heavy (non-hydrogen) atoms. The van der Waals surface area contributed by atoms with Crippen LogP contribution in [0.3, 0.4) is 0 Å². The van der Waals surface area contributed by atoms with Crippen molar-refractivity contribution in [2.24, 2.45) is 0 Å². The van der Waals surface area contributed by atoms with E-state index in [-0.39, 0.29) is 5.91 Å². The summed E-state index contributed by atoms with van der Waals surface area (Å²) in [4.78, 5) is 14.3. The van der Waals surface area contributed by atoms with Crippen LogP contribution in [-0.2, 0) is 0 Å². The van der Waals surface area contributed by atoms with Crippen LogP contribution in [0.1, 0.15) is 28.8 Å². The molecule has 0 spiro atoms. The first-order valence-corrected chi connectivity index (χ1v) is 7.13. The molecule has 1 heterocycles. The van der Waals surface area contributed by atoms with E-state index in [1.54, 1.807) is 0 Å². The Kier molecular flexibility index (Phi) is 4.40. The number of carbonyl (C=O) groups is 1. The molecule has 1 saturated heterocycles. The van der Waals surface area contributed by atoms with Gasteiger partial charge in [-0.3, -0.25) is 4.79 Å². The molecular weight excluding hydrogens is 292 g/mol. The fourth-order valence-electron chi connectivity index (χ4n) is 2.41. The summed E-state index contributed by atoms with van der Waals surface area (Å²) in [6.07, 6.45) is 2.07. The Labute approximate surface area is 117 Å². The van der Waals surface area contributed by atoms with Gasteiger partial charge in [-0.2, -0.15) is 0 Å². The van der Waals surface area contributed by atoms with E-state index in [1.807, 2.05) is 37.1 Å². The quantitative estimate of drug-likeness (QED) is 0.910. The van der Waals surface area contributed by atoms with E-state index in [2.05, 4.69) is 21.2 Å². The third-order valence-electron chi connectivity index (χ3n) is 3.48. The molecule has 0 aliphatic carbocycles. The summed E-state index contributed by atoms with van der Waals surface area (Å²) < 4.78 is 0.968. The number of halogens is 1. The van der Waals surface area contributed by atoms with Gasteiger partial charge in [-0.15, -0.1) is 0 Å². The number of likely N-dealkylation sites (tertiary alicyclic amines) is 1. The third-order valence-corrected chi connectivity index (χ3v) is 3.94. The number of carbonyl (C=O) groups excluding carboxylic acids is 1. The van der Waals surface area contributed by atoms with Crippen molar-refractivity contribution in [2.45, 2.75) is 25.8 Å². The van der Waals surface area contributed by atoms with Crippen molar-refractivity contribution in [2.75, 3.05) is 20.1 Å². The van der Waals surface area contributed by atoms with Gasteiger partial charge in [-0.25, -0.2) is 0 Å².